The normalized spacial score (nSPS) is 19.6. The van der Waals surface area contributed by atoms with Crippen molar-refractivity contribution in [3.63, 3.8) is 0 Å². The average molecular weight is 462 g/mol. The van der Waals surface area contributed by atoms with E-state index in [1.807, 2.05) is 35.2 Å². The van der Waals surface area contributed by atoms with E-state index < -0.39 is 9.24 Å². The van der Waals surface area contributed by atoms with Crippen molar-refractivity contribution in [2.24, 2.45) is 0 Å². The number of anilines is 1. The molecule has 0 aliphatic carbocycles. The number of nitrogens with zero attached hydrogens (tertiary/aromatic N) is 3. The number of hydrogen-bond donors (Lipinski definition) is 0. The van der Waals surface area contributed by atoms with Crippen LogP contribution < -0.4 is 4.31 Å². The predicted octanol–water partition coefficient (Wildman–Crippen LogP) is 3.88. The van der Waals surface area contributed by atoms with E-state index in [2.05, 4.69) is 4.90 Å². The van der Waals surface area contributed by atoms with Crippen molar-refractivity contribution < 1.29 is 13.2 Å². The molecule has 0 saturated carbocycles. The molecule has 0 N–H and O–H groups in total. The molecule has 1 amide bonds. The number of carbonyl (C=O) groups is 1. The highest BCUT2D eigenvalue weighted by Crippen LogP contribution is 2.26. The number of amides is 1. The summed E-state index contributed by atoms with van der Waals surface area (Å²) in [5.74, 6) is 0.0107. The van der Waals surface area contributed by atoms with E-state index in [0.717, 1.165) is 48.9 Å². The fraction of sp³-hybridized carbons (Fsp3) is 0.435. The smallest absolute Gasteiger partial charge is 0.321 e. The molecule has 2 aromatic rings. The summed E-state index contributed by atoms with van der Waals surface area (Å²) in [5, 5.41) is 0. The van der Waals surface area contributed by atoms with Gasteiger partial charge in [0.15, 0.2) is 0 Å². The van der Waals surface area contributed by atoms with E-state index >= 15 is 0 Å². The average Bonchev–Trinajstić information content (AvgIpc) is 3.44. The molecule has 31 heavy (non-hydrogen) atoms. The number of likely N-dealkylation sites (tertiary alicyclic amines) is 2. The molecule has 8 heteroatoms. The Kier molecular flexibility index (Phi) is 6.84. The van der Waals surface area contributed by atoms with Gasteiger partial charge in [0.05, 0.1) is 12.2 Å². The van der Waals surface area contributed by atoms with Gasteiger partial charge < -0.3 is 9.80 Å². The minimum Gasteiger partial charge on any atom is -0.334 e. The van der Waals surface area contributed by atoms with Crippen molar-refractivity contribution in [1.82, 2.24) is 9.80 Å². The topological polar surface area (TPSA) is 60.9 Å². The number of benzene rings is 2. The maximum atomic E-state index is 13.1. The van der Waals surface area contributed by atoms with Crippen molar-refractivity contribution in [3.8, 4) is 0 Å². The zero-order valence-corrected chi connectivity index (χ0v) is 19.1. The van der Waals surface area contributed by atoms with Gasteiger partial charge in [-0.3, -0.25) is 9.10 Å². The number of carbonyl (C=O) groups excluding carboxylic acids is 1. The van der Waals surface area contributed by atoms with Crippen LogP contribution in [-0.2, 0) is 15.8 Å². The molecule has 0 aromatic heterocycles. The molecule has 0 bridgehead atoms. The second kappa shape index (κ2) is 9.59. The lowest BCUT2D eigenvalue weighted by molar-refractivity contribution is 0.0709. The summed E-state index contributed by atoms with van der Waals surface area (Å²) in [6, 6.07) is 16.2. The van der Waals surface area contributed by atoms with Crippen LogP contribution in [0.25, 0.3) is 0 Å². The van der Waals surface area contributed by atoms with E-state index in [-0.39, 0.29) is 18.5 Å². The summed E-state index contributed by atoms with van der Waals surface area (Å²) in [4.78, 5) is 17.6. The van der Waals surface area contributed by atoms with Gasteiger partial charge in [-0.15, -0.1) is 0 Å². The van der Waals surface area contributed by atoms with Crippen LogP contribution in [0.15, 0.2) is 54.6 Å². The standard InChI is InChI=1S/C23H28ClN3O3S/c24-31(29,30)27(17-19-7-2-1-3-8-19)21-12-10-20(11-13-21)23(28)26-16-6-9-22(26)18-25-14-4-5-15-25/h1-3,7-8,10-13,22H,4-6,9,14-18H2/t22-/m0/s1. The van der Waals surface area contributed by atoms with E-state index in [1.165, 1.54) is 12.8 Å². The van der Waals surface area contributed by atoms with Gasteiger partial charge in [0.2, 0.25) is 0 Å². The maximum absolute atomic E-state index is 13.1. The molecule has 2 aromatic carbocycles. The van der Waals surface area contributed by atoms with E-state index in [1.54, 1.807) is 24.3 Å². The third-order valence-electron chi connectivity index (χ3n) is 6.14. The fourth-order valence-corrected chi connectivity index (χ4v) is 5.60. The fourth-order valence-electron chi connectivity index (χ4n) is 4.54. The Balaban J connectivity index is 1.48. The van der Waals surface area contributed by atoms with Crippen LogP contribution in [0.1, 0.15) is 41.6 Å². The highest BCUT2D eigenvalue weighted by Gasteiger charge is 2.31. The summed E-state index contributed by atoms with van der Waals surface area (Å²) in [7, 11) is 1.73. The predicted molar refractivity (Wildman–Crippen MR) is 124 cm³/mol. The SMILES string of the molecule is O=C(c1ccc(N(Cc2ccccc2)S(=O)(=O)Cl)cc1)N1CCC[C@H]1CN1CCCC1. The molecule has 2 saturated heterocycles. The highest BCUT2D eigenvalue weighted by molar-refractivity contribution is 8.14. The van der Waals surface area contributed by atoms with Crippen molar-refractivity contribution >= 4 is 31.5 Å². The molecule has 1 atom stereocenters. The second-order valence-corrected chi connectivity index (χ2v) is 10.7. The summed E-state index contributed by atoms with van der Waals surface area (Å²) >= 11 is 0. The third kappa shape index (κ3) is 5.40. The van der Waals surface area contributed by atoms with Crippen LogP contribution in [0.5, 0.6) is 0 Å². The van der Waals surface area contributed by atoms with Crippen molar-refractivity contribution in [3.05, 3.63) is 65.7 Å². The Hall–Kier alpha value is -2.09. The zero-order chi connectivity index (χ0) is 21.8. The van der Waals surface area contributed by atoms with Gasteiger partial charge in [-0.25, -0.2) is 0 Å². The Labute approximate surface area is 189 Å². The van der Waals surface area contributed by atoms with E-state index in [9.17, 15) is 13.2 Å². The monoisotopic (exact) mass is 461 g/mol. The van der Waals surface area contributed by atoms with Crippen molar-refractivity contribution in [2.45, 2.75) is 38.3 Å². The van der Waals surface area contributed by atoms with E-state index in [0.29, 0.717) is 11.3 Å². The van der Waals surface area contributed by atoms with Crippen LogP contribution in [0.4, 0.5) is 5.69 Å². The molecule has 166 valence electrons. The summed E-state index contributed by atoms with van der Waals surface area (Å²) < 4.78 is 25.5. The quantitative estimate of drug-likeness (QED) is 0.587. The molecule has 2 aliphatic rings. The van der Waals surface area contributed by atoms with Gasteiger partial charge in [0.25, 0.3) is 5.91 Å². The first-order valence-electron chi connectivity index (χ1n) is 10.8. The van der Waals surface area contributed by atoms with Gasteiger partial charge in [-0.1, -0.05) is 30.3 Å². The molecular weight excluding hydrogens is 434 g/mol. The lowest BCUT2D eigenvalue weighted by atomic mass is 10.1. The van der Waals surface area contributed by atoms with E-state index in [4.69, 9.17) is 10.7 Å². The summed E-state index contributed by atoms with van der Waals surface area (Å²) in [6.45, 7) is 4.09. The molecule has 2 aliphatic heterocycles. The highest BCUT2D eigenvalue weighted by atomic mass is 35.7. The van der Waals surface area contributed by atoms with Gasteiger partial charge in [0, 0.05) is 35.4 Å². The molecule has 4 rings (SSSR count). The largest absolute Gasteiger partial charge is 0.334 e. The van der Waals surface area contributed by atoms with Gasteiger partial charge in [-0.05, 0) is 68.6 Å². The number of rotatable bonds is 7. The number of hydrogen-bond acceptors (Lipinski definition) is 4. The van der Waals surface area contributed by atoms with Crippen molar-refractivity contribution in [2.75, 3.05) is 30.5 Å². The Morgan fingerprint density at radius 3 is 2.29 bits per heavy atom. The number of halogens is 1. The minimum atomic E-state index is -3.98. The first kappa shape index (κ1) is 22.1. The molecule has 0 radical (unpaired) electrons. The van der Waals surface area contributed by atoms with Crippen molar-refractivity contribution in [1.29, 1.82) is 0 Å². The van der Waals surface area contributed by atoms with Gasteiger partial charge in [-0.2, -0.15) is 8.42 Å². The Bertz CT molecular complexity index is 992. The van der Waals surface area contributed by atoms with Crippen LogP contribution in [-0.4, -0.2) is 56.3 Å². The van der Waals surface area contributed by atoms with Gasteiger partial charge in [0.1, 0.15) is 0 Å². The summed E-state index contributed by atoms with van der Waals surface area (Å²) in [6.07, 6.45) is 4.55. The maximum Gasteiger partial charge on any atom is 0.321 e. The van der Waals surface area contributed by atoms with Crippen LogP contribution >= 0.6 is 10.7 Å². The molecule has 6 nitrogen and oxygen atoms in total. The third-order valence-corrected chi connectivity index (χ3v) is 7.51. The van der Waals surface area contributed by atoms with Crippen LogP contribution in [0.3, 0.4) is 0 Å². The molecule has 0 unspecified atom stereocenters. The molecule has 2 heterocycles. The minimum absolute atomic E-state index is 0.0107. The first-order valence-corrected chi connectivity index (χ1v) is 13.1. The van der Waals surface area contributed by atoms with Crippen LogP contribution in [0.2, 0.25) is 0 Å². The zero-order valence-electron chi connectivity index (χ0n) is 17.5. The lowest BCUT2D eigenvalue weighted by Crippen LogP contribution is -2.42. The molecule has 0 spiro atoms. The second-order valence-electron chi connectivity index (χ2n) is 8.28. The molecule has 2 fully saturated rings. The molecular formula is C23H28ClN3O3S. The Morgan fingerprint density at radius 1 is 0.968 bits per heavy atom. The van der Waals surface area contributed by atoms with Crippen LogP contribution in [0, 0.1) is 0 Å². The Morgan fingerprint density at radius 2 is 1.65 bits per heavy atom. The lowest BCUT2D eigenvalue weighted by Gasteiger charge is -2.29. The van der Waals surface area contributed by atoms with Gasteiger partial charge >= 0.3 is 9.24 Å². The first-order chi connectivity index (χ1) is 14.9. The summed E-state index contributed by atoms with van der Waals surface area (Å²) in [5.41, 5.74) is 1.84.